The van der Waals surface area contributed by atoms with E-state index in [0.29, 0.717) is 5.56 Å². The molecule has 0 aliphatic carbocycles. The number of hydrogen-bond donors (Lipinski definition) is 1. The van der Waals surface area contributed by atoms with Crippen molar-refractivity contribution in [3.8, 4) is 11.1 Å². The SMILES string of the molecule is O=Cc1cccc(-c2cccc3[nH]ccc23)c1. The summed E-state index contributed by atoms with van der Waals surface area (Å²) in [7, 11) is 0. The zero-order chi connectivity index (χ0) is 11.7. The van der Waals surface area contributed by atoms with Crippen LogP contribution in [-0.4, -0.2) is 11.3 Å². The number of carbonyl (C=O) groups is 1. The third kappa shape index (κ3) is 1.64. The third-order valence-electron chi connectivity index (χ3n) is 2.93. The molecular weight excluding hydrogens is 210 g/mol. The molecule has 2 nitrogen and oxygen atoms in total. The molecule has 0 unspecified atom stereocenters. The summed E-state index contributed by atoms with van der Waals surface area (Å²) >= 11 is 0. The Labute approximate surface area is 98.9 Å². The number of rotatable bonds is 2. The lowest BCUT2D eigenvalue weighted by Crippen LogP contribution is -1.83. The van der Waals surface area contributed by atoms with E-state index in [0.717, 1.165) is 22.9 Å². The number of benzene rings is 2. The van der Waals surface area contributed by atoms with Gasteiger partial charge in [0.25, 0.3) is 0 Å². The molecule has 0 atom stereocenters. The predicted octanol–water partition coefficient (Wildman–Crippen LogP) is 3.65. The Morgan fingerprint density at radius 2 is 1.88 bits per heavy atom. The molecule has 0 aliphatic rings. The van der Waals surface area contributed by atoms with Crippen LogP contribution in [0.5, 0.6) is 0 Å². The number of nitrogens with one attached hydrogen (secondary N) is 1. The van der Waals surface area contributed by atoms with Crippen molar-refractivity contribution in [1.29, 1.82) is 0 Å². The fourth-order valence-corrected chi connectivity index (χ4v) is 2.12. The highest BCUT2D eigenvalue weighted by molar-refractivity contribution is 5.95. The molecule has 1 N–H and O–H groups in total. The average molecular weight is 221 g/mol. The Morgan fingerprint density at radius 1 is 1.00 bits per heavy atom. The Bertz CT molecular complexity index is 682. The summed E-state index contributed by atoms with van der Waals surface area (Å²) in [4.78, 5) is 14.0. The first kappa shape index (κ1) is 9.85. The van der Waals surface area contributed by atoms with Crippen molar-refractivity contribution in [1.82, 2.24) is 4.98 Å². The quantitative estimate of drug-likeness (QED) is 0.658. The van der Waals surface area contributed by atoms with E-state index in [1.165, 1.54) is 5.39 Å². The molecule has 17 heavy (non-hydrogen) atoms. The molecule has 82 valence electrons. The van der Waals surface area contributed by atoms with Crippen molar-refractivity contribution in [2.24, 2.45) is 0 Å². The van der Waals surface area contributed by atoms with Crippen LogP contribution in [0.25, 0.3) is 22.0 Å². The average Bonchev–Trinajstić information content (AvgIpc) is 2.87. The van der Waals surface area contributed by atoms with E-state index >= 15 is 0 Å². The van der Waals surface area contributed by atoms with Gasteiger partial charge in [0.2, 0.25) is 0 Å². The van der Waals surface area contributed by atoms with Crippen LogP contribution in [0.4, 0.5) is 0 Å². The van der Waals surface area contributed by atoms with Crippen molar-refractivity contribution < 1.29 is 4.79 Å². The molecule has 0 aliphatic heterocycles. The van der Waals surface area contributed by atoms with Crippen LogP contribution < -0.4 is 0 Å². The van der Waals surface area contributed by atoms with Crippen molar-refractivity contribution in [2.75, 3.05) is 0 Å². The lowest BCUT2D eigenvalue weighted by atomic mass is 10.0. The predicted molar refractivity (Wildman–Crippen MR) is 69.1 cm³/mol. The highest BCUT2D eigenvalue weighted by Gasteiger charge is 2.04. The molecule has 0 fully saturated rings. The molecule has 2 aromatic carbocycles. The standard InChI is InChI=1S/C15H11NO/c17-10-11-3-1-4-12(9-11)13-5-2-6-15-14(13)7-8-16-15/h1-10,16H. The molecule has 3 rings (SSSR count). The van der Waals surface area contributed by atoms with E-state index in [1.54, 1.807) is 0 Å². The zero-order valence-electron chi connectivity index (χ0n) is 9.18. The van der Waals surface area contributed by atoms with Gasteiger partial charge in [-0.25, -0.2) is 0 Å². The van der Waals surface area contributed by atoms with Gasteiger partial charge in [-0.2, -0.15) is 0 Å². The molecule has 0 saturated heterocycles. The largest absolute Gasteiger partial charge is 0.361 e. The Morgan fingerprint density at radius 3 is 2.76 bits per heavy atom. The van der Waals surface area contributed by atoms with E-state index in [2.05, 4.69) is 17.1 Å². The second-order valence-corrected chi connectivity index (χ2v) is 3.99. The van der Waals surface area contributed by atoms with Gasteiger partial charge < -0.3 is 4.98 Å². The van der Waals surface area contributed by atoms with Gasteiger partial charge in [0.15, 0.2) is 0 Å². The first-order chi connectivity index (χ1) is 8.38. The molecule has 0 radical (unpaired) electrons. The van der Waals surface area contributed by atoms with Crippen molar-refractivity contribution in [3.63, 3.8) is 0 Å². The summed E-state index contributed by atoms with van der Waals surface area (Å²) in [5, 5.41) is 1.18. The van der Waals surface area contributed by atoms with Gasteiger partial charge in [-0.15, -0.1) is 0 Å². The number of H-pyrrole nitrogens is 1. The minimum atomic E-state index is 0.704. The monoisotopic (exact) mass is 221 g/mol. The van der Waals surface area contributed by atoms with Crippen LogP contribution >= 0.6 is 0 Å². The van der Waals surface area contributed by atoms with Crippen LogP contribution in [0.1, 0.15) is 10.4 Å². The maximum absolute atomic E-state index is 10.8. The molecule has 0 spiro atoms. The van der Waals surface area contributed by atoms with Crippen molar-refractivity contribution in [2.45, 2.75) is 0 Å². The highest BCUT2D eigenvalue weighted by atomic mass is 16.1. The van der Waals surface area contributed by atoms with E-state index in [-0.39, 0.29) is 0 Å². The Hall–Kier alpha value is -2.35. The topological polar surface area (TPSA) is 32.9 Å². The lowest BCUT2D eigenvalue weighted by Gasteiger charge is -2.04. The summed E-state index contributed by atoms with van der Waals surface area (Å²) in [6.45, 7) is 0. The molecule has 0 saturated carbocycles. The van der Waals surface area contributed by atoms with Crippen molar-refractivity contribution in [3.05, 3.63) is 60.3 Å². The van der Waals surface area contributed by atoms with Crippen LogP contribution in [0.15, 0.2) is 54.7 Å². The summed E-state index contributed by atoms with van der Waals surface area (Å²) in [5.41, 5.74) is 4.03. The smallest absolute Gasteiger partial charge is 0.150 e. The van der Waals surface area contributed by atoms with Gasteiger partial charge in [0.05, 0.1) is 0 Å². The summed E-state index contributed by atoms with van der Waals surface area (Å²) in [5.74, 6) is 0. The van der Waals surface area contributed by atoms with E-state index in [9.17, 15) is 4.79 Å². The molecule has 0 amide bonds. The number of hydrogen-bond acceptors (Lipinski definition) is 1. The second kappa shape index (κ2) is 3.91. The van der Waals surface area contributed by atoms with Crippen LogP contribution in [-0.2, 0) is 0 Å². The molecule has 3 aromatic rings. The van der Waals surface area contributed by atoms with E-state index < -0.39 is 0 Å². The maximum atomic E-state index is 10.8. The minimum Gasteiger partial charge on any atom is -0.361 e. The molecule has 1 heterocycles. The van der Waals surface area contributed by atoms with Gasteiger partial charge >= 0.3 is 0 Å². The summed E-state index contributed by atoms with van der Waals surface area (Å²) in [6, 6.07) is 15.8. The first-order valence-corrected chi connectivity index (χ1v) is 5.50. The fraction of sp³-hybridized carbons (Fsp3) is 0. The number of aromatic amines is 1. The van der Waals surface area contributed by atoms with Gasteiger partial charge in [0.1, 0.15) is 6.29 Å². The summed E-state index contributed by atoms with van der Waals surface area (Å²) < 4.78 is 0. The lowest BCUT2D eigenvalue weighted by molar-refractivity contribution is 0.112. The minimum absolute atomic E-state index is 0.704. The fourth-order valence-electron chi connectivity index (χ4n) is 2.12. The number of carbonyl (C=O) groups excluding carboxylic acids is 1. The van der Waals surface area contributed by atoms with E-state index in [1.807, 2.05) is 42.6 Å². The molecule has 2 heteroatoms. The normalized spacial score (nSPS) is 10.6. The van der Waals surface area contributed by atoms with Crippen LogP contribution in [0, 0.1) is 0 Å². The van der Waals surface area contributed by atoms with Gasteiger partial charge in [-0.05, 0) is 29.3 Å². The van der Waals surface area contributed by atoms with Crippen molar-refractivity contribution >= 4 is 17.2 Å². The maximum Gasteiger partial charge on any atom is 0.150 e. The van der Waals surface area contributed by atoms with Gasteiger partial charge in [0, 0.05) is 22.7 Å². The first-order valence-electron chi connectivity index (χ1n) is 5.50. The third-order valence-corrected chi connectivity index (χ3v) is 2.93. The number of fused-ring (bicyclic) bond motifs is 1. The molecule has 0 bridgehead atoms. The number of aldehydes is 1. The highest BCUT2D eigenvalue weighted by Crippen LogP contribution is 2.28. The Kier molecular flexibility index (Phi) is 2.26. The van der Waals surface area contributed by atoms with Crippen LogP contribution in [0.3, 0.4) is 0 Å². The van der Waals surface area contributed by atoms with Gasteiger partial charge in [-0.1, -0.05) is 30.3 Å². The number of aromatic nitrogens is 1. The molecular formula is C15H11NO. The summed E-state index contributed by atoms with van der Waals surface area (Å²) in [6.07, 6.45) is 2.80. The van der Waals surface area contributed by atoms with Crippen LogP contribution in [0.2, 0.25) is 0 Å². The second-order valence-electron chi connectivity index (χ2n) is 3.99. The van der Waals surface area contributed by atoms with Gasteiger partial charge in [-0.3, -0.25) is 4.79 Å². The Balaban J connectivity index is 2.26. The zero-order valence-corrected chi connectivity index (χ0v) is 9.18. The van der Waals surface area contributed by atoms with E-state index in [4.69, 9.17) is 0 Å². The molecule has 1 aromatic heterocycles.